The van der Waals surface area contributed by atoms with Crippen molar-refractivity contribution in [3.8, 4) is 11.8 Å². The van der Waals surface area contributed by atoms with Gasteiger partial charge in [-0.2, -0.15) is 0 Å². The molecule has 1 saturated heterocycles. The lowest BCUT2D eigenvalue weighted by molar-refractivity contribution is 0.0388. The Labute approximate surface area is 163 Å². The Morgan fingerprint density at radius 1 is 1.18 bits per heavy atom. The second-order valence-electron chi connectivity index (χ2n) is 6.18. The van der Waals surface area contributed by atoms with E-state index in [9.17, 15) is 4.79 Å². The summed E-state index contributed by atoms with van der Waals surface area (Å²) < 4.78 is 5.31. The second kappa shape index (κ2) is 9.55. The summed E-state index contributed by atoms with van der Waals surface area (Å²) in [5.41, 5.74) is 13.3. The molecular formula is C19H23N7O2. The first-order valence-corrected chi connectivity index (χ1v) is 8.95. The zero-order chi connectivity index (χ0) is 19.8. The molecule has 2 heterocycles. The number of aromatic nitrogens is 2. The van der Waals surface area contributed by atoms with Gasteiger partial charge in [-0.15, -0.1) is 0 Å². The fourth-order valence-electron chi connectivity index (χ4n) is 2.68. The maximum absolute atomic E-state index is 12.1. The van der Waals surface area contributed by atoms with E-state index in [0.29, 0.717) is 23.4 Å². The fourth-order valence-corrected chi connectivity index (χ4v) is 2.68. The van der Waals surface area contributed by atoms with Gasteiger partial charge in [0.25, 0.3) is 0 Å². The van der Waals surface area contributed by atoms with Crippen LogP contribution in [0.1, 0.15) is 11.1 Å². The van der Waals surface area contributed by atoms with E-state index in [1.165, 1.54) is 6.33 Å². The molecule has 2 amide bonds. The number of carbonyl (C=O) groups excluding carboxylic acids is 1. The molecule has 9 heteroatoms. The number of nitrogens with one attached hydrogen (secondary N) is 2. The Hall–Kier alpha value is -3.35. The van der Waals surface area contributed by atoms with Crippen LogP contribution in [0.15, 0.2) is 30.6 Å². The van der Waals surface area contributed by atoms with Crippen molar-refractivity contribution in [3.05, 3.63) is 41.7 Å². The lowest BCUT2D eigenvalue weighted by atomic mass is 10.2. The number of ether oxygens (including phenoxy) is 1. The number of carbonyl (C=O) groups is 1. The molecule has 1 aromatic heterocycles. The van der Waals surface area contributed by atoms with Crippen LogP contribution in [0.5, 0.6) is 0 Å². The Bertz CT molecular complexity index is 865. The van der Waals surface area contributed by atoms with E-state index in [0.717, 1.165) is 32.8 Å². The third-order valence-electron chi connectivity index (χ3n) is 4.18. The minimum Gasteiger partial charge on any atom is -0.382 e. The summed E-state index contributed by atoms with van der Waals surface area (Å²) >= 11 is 0. The molecule has 1 fully saturated rings. The number of benzene rings is 1. The van der Waals surface area contributed by atoms with E-state index in [2.05, 4.69) is 37.3 Å². The molecule has 1 aliphatic heterocycles. The van der Waals surface area contributed by atoms with Gasteiger partial charge < -0.3 is 26.8 Å². The highest BCUT2D eigenvalue weighted by Gasteiger charge is 2.10. The van der Waals surface area contributed by atoms with Crippen molar-refractivity contribution in [1.82, 2.24) is 20.2 Å². The maximum Gasteiger partial charge on any atom is 0.319 e. The molecule has 1 aliphatic rings. The number of rotatable bonds is 4. The average molecular weight is 381 g/mol. The monoisotopic (exact) mass is 381 g/mol. The zero-order valence-electron chi connectivity index (χ0n) is 15.4. The normalized spacial score (nSPS) is 14.0. The number of morpholine rings is 1. The zero-order valence-corrected chi connectivity index (χ0v) is 15.4. The van der Waals surface area contributed by atoms with Gasteiger partial charge in [0.15, 0.2) is 0 Å². The Balaban J connectivity index is 1.54. The smallest absolute Gasteiger partial charge is 0.319 e. The fraction of sp³-hybridized carbons (Fsp3) is 0.316. The SMILES string of the molecule is Nc1ncnc(N)c1C#Cc1cccc(NC(=O)NCCN2CCOCC2)c1. The van der Waals surface area contributed by atoms with Crippen LogP contribution >= 0.6 is 0 Å². The van der Waals surface area contributed by atoms with Gasteiger partial charge in [0.2, 0.25) is 0 Å². The van der Waals surface area contributed by atoms with E-state index in [-0.39, 0.29) is 17.7 Å². The molecule has 0 atom stereocenters. The molecule has 6 N–H and O–H groups in total. The van der Waals surface area contributed by atoms with Crippen LogP contribution in [0.4, 0.5) is 22.1 Å². The summed E-state index contributed by atoms with van der Waals surface area (Å²) in [6.07, 6.45) is 1.29. The van der Waals surface area contributed by atoms with Gasteiger partial charge in [-0.05, 0) is 18.2 Å². The first kappa shape index (κ1) is 19.4. The van der Waals surface area contributed by atoms with Crippen molar-refractivity contribution in [2.24, 2.45) is 0 Å². The number of anilines is 3. The van der Waals surface area contributed by atoms with Crippen LogP contribution < -0.4 is 22.1 Å². The number of nitrogens with zero attached hydrogens (tertiary/aromatic N) is 3. The topological polar surface area (TPSA) is 131 Å². The number of hydrogen-bond donors (Lipinski definition) is 4. The molecule has 146 valence electrons. The minimum absolute atomic E-state index is 0.230. The standard InChI is InChI=1S/C19H23N7O2/c20-17-16(18(21)24-13-23-17)5-4-14-2-1-3-15(12-14)25-19(27)22-6-7-26-8-10-28-11-9-26/h1-3,12-13H,6-11H2,(H2,22,25,27)(H4,20,21,23,24). The van der Waals surface area contributed by atoms with E-state index < -0.39 is 0 Å². The molecule has 3 rings (SSSR count). The first-order chi connectivity index (χ1) is 13.6. The maximum atomic E-state index is 12.1. The molecule has 0 saturated carbocycles. The van der Waals surface area contributed by atoms with E-state index in [1.807, 2.05) is 12.1 Å². The van der Waals surface area contributed by atoms with Crippen molar-refractivity contribution in [2.45, 2.75) is 0 Å². The van der Waals surface area contributed by atoms with Crippen LogP contribution in [0.2, 0.25) is 0 Å². The van der Waals surface area contributed by atoms with Crippen molar-refractivity contribution in [2.75, 3.05) is 56.2 Å². The van der Waals surface area contributed by atoms with Gasteiger partial charge in [0.05, 0.1) is 13.2 Å². The summed E-state index contributed by atoms with van der Waals surface area (Å²) in [4.78, 5) is 22.1. The molecule has 2 aromatic rings. The van der Waals surface area contributed by atoms with E-state index >= 15 is 0 Å². The molecule has 0 bridgehead atoms. The van der Waals surface area contributed by atoms with Gasteiger partial charge in [-0.1, -0.05) is 17.9 Å². The molecule has 9 nitrogen and oxygen atoms in total. The third-order valence-corrected chi connectivity index (χ3v) is 4.18. The van der Waals surface area contributed by atoms with Crippen LogP contribution in [0.3, 0.4) is 0 Å². The lowest BCUT2D eigenvalue weighted by Crippen LogP contribution is -2.42. The summed E-state index contributed by atoms with van der Waals surface area (Å²) in [6, 6.07) is 6.93. The molecule has 0 spiro atoms. The van der Waals surface area contributed by atoms with Crippen LogP contribution in [-0.4, -0.2) is 60.3 Å². The van der Waals surface area contributed by atoms with Gasteiger partial charge in [-0.25, -0.2) is 14.8 Å². The number of nitrogen functional groups attached to an aromatic ring is 2. The number of amides is 2. The molecule has 0 aliphatic carbocycles. The second-order valence-corrected chi connectivity index (χ2v) is 6.18. The highest BCUT2D eigenvalue weighted by atomic mass is 16.5. The van der Waals surface area contributed by atoms with E-state index in [4.69, 9.17) is 16.2 Å². The Morgan fingerprint density at radius 2 is 1.93 bits per heavy atom. The van der Waals surface area contributed by atoms with Crippen molar-refractivity contribution in [1.29, 1.82) is 0 Å². The predicted octanol–water partition coefficient (Wildman–Crippen LogP) is 0.494. The molecule has 0 radical (unpaired) electrons. The Kier molecular flexibility index (Phi) is 6.62. The van der Waals surface area contributed by atoms with Gasteiger partial charge in [-0.3, -0.25) is 4.90 Å². The summed E-state index contributed by atoms with van der Waals surface area (Å²) in [5, 5.41) is 5.66. The highest BCUT2D eigenvalue weighted by Crippen LogP contribution is 2.13. The van der Waals surface area contributed by atoms with Crippen molar-refractivity contribution >= 4 is 23.4 Å². The number of nitrogens with two attached hydrogens (primary N) is 2. The quantitative estimate of drug-likeness (QED) is 0.567. The number of hydrogen-bond acceptors (Lipinski definition) is 7. The van der Waals surface area contributed by atoms with Crippen molar-refractivity contribution < 1.29 is 9.53 Å². The minimum atomic E-state index is -0.261. The third kappa shape index (κ3) is 5.57. The van der Waals surface area contributed by atoms with Crippen LogP contribution in [0, 0.1) is 11.8 Å². The average Bonchev–Trinajstić information content (AvgIpc) is 2.69. The number of urea groups is 1. The van der Waals surface area contributed by atoms with Crippen LogP contribution in [-0.2, 0) is 4.74 Å². The lowest BCUT2D eigenvalue weighted by Gasteiger charge is -2.26. The summed E-state index contributed by atoms with van der Waals surface area (Å²) in [6.45, 7) is 4.64. The Morgan fingerprint density at radius 3 is 2.68 bits per heavy atom. The van der Waals surface area contributed by atoms with Crippen LogP contribution in [0.25, 0.3) is 0 Å². The summed E-state index contributed by atoms with van der Waals surface area (Å²) in [5.74, 6) is 6.30. The summed E-state index contributed by atoms with van der Waals surface area (Å²) in [7, 11) is 0. The van der Waals surface area contributed by atoms with Crippen molar-refractivity contribution in [3.63, 3.8) is 0 Å². The first-order valence-electron chi connectivity index (χ1n) is 8.95. The predicted molar refractivity (Wildman–Crippen MR) is 108 cm³/mol. The highest BCUT2D eigenvalue weighted by molar-refractivity contribution is 5.89. The largest absolute Gasteiger partial charge is 0.382 e. The van der Waals surface area contributed by atoms with Gasteiger partial charge >= 0.3 is 6.03 Å². The van der Waals surface area contributed by atoms with E-state index in [1.54, 1.807) is 12.1 Å². The molecule has 28 heavy (non-hydrogen) atoms. The molecular weight excluding hydrogens is 358 g/mol. The van der Waals surface area contributed by atoms with Gasteiger partial charge in [0, 0.05) is 37.4 Å². The molecule has 0 unspecified atom stereocenters. The van der Waals surface area contributed by atoms with Gasteiger partial charge in [0.1, 0.15) is 23.5 Å². The molecule has 1 aromatic carbocycles.